The fourth-order valence-corrected chi connectivity index (χ4v) is 3.09. The number of nitrogens with one attached hydrogen (secondary N) is 1. The highest BCUT2D eigenvalue weighted by Gasteiger charge is 2.27. The molecule has 0 radical (unpaired) electrons. The molecule has 1 atom stereocenters. The van der Waals surface area contributed by atoms with E-state index >= 15 is 0 Å². The Balaban J connectivity index is 0.00000192. The van der Waals surface area contributed by atoms with Crippen molar-refractivity contribution < 1.29 is 4.79 Å². The average Bonchev–Trinajstić information content (AvgIpc) is 2.56. The second kappa shape index (κ2) is 8.34. The number of hydrogen-bond acceptors (Lipinski definition) is 2. The summed E-state index contributed by atoms with van der Waals surface area (Å²) in [6.07, 6.45) is 0.442. The predicted octanol–water partition coefficient (Wildman–Crippen LogP) is 3.48. The van der Waals surface area contributed by atoms with Gasteiger partial charge in [-0.15, -0.1) is 12.4 Å². The SMILES string of the molecule is Cl.O=C(Cc1ccccc1)N1CCNCC1c1cccc(Cl)c1. The second-order valence-electron chi connectivity index (χ2n) is 5.52. The van der Waals surface area contributed by atoms with Crippen molar-refractivity contribution in [1.82, 2.24) is 10.2 Å². The molecule has 2 aromatic carbocycles. The third kappa shape index (κ3) is 4.47. The molecule has 3 rings (SSSR count). The number of hydrogen-bond donors (Lipinski definition) is 1. The molecule has 2 aromatic rings. The molecule has 0 aromatic heterocycles. The molecule has 0 saturated carbocycles. The van der Waals surface area contributed by atoms with Gasteiger partial charge in [0.05, 0.1) is 12.5 Å². The zero-order chi connectivity index (χ0) is 15.4. The van der Waals surface area contributed by atoms with E-state index in [4.69, 9.17) is 11.6 Å². The number of carbonyl (C=O) groups is 1. The number of amides is 1. The first-order valence-corrected chi connectivity index (χ1v) is 7.91. The van der Waals surface area contributed by atoms with Crippen molar-refractivity contribution in [3.63, 3.8) is 0 Å². The Morgan fingerprint density at radius 3 is 2.70 bits per heavy atom. The van der Waals surface area contributed by atoms with Crippen LogP contribution in [0.5, 0.6) is 0 Å². The summed E-state index contributed by atoms with van der Waals surface area (Å²) in [6, 6.07) is 17.7. The first kappa shape index (κ1) is 17.8. The number of benzene rings is 2. The monoisotopic (exact) mass is 350 g/mol. The van der Waals surface area contributed by atoms with Crippen LogP contribution in [0.15, 0.2) is 54.6 Å². The van der Waals surface area contributed by atoms with Crippen molar-refractivity contribution in [2.75, 3.05) is 19.6 Å². The van der Waals surface area contributed by atoms with Gasteiger partial charge in [0.15, 0.2) is 0 Å². The van der Waals surface area contributed by atoms with Gasteiger partial charge in [0.25, 0.3) is 0 Å². The van der Waals surface area contributed by atoms with Crippen LogP contribution in [0.25, 0.3) is 0 Å². The van der Waals surface area contributed by atoms with Gasteiger partial charge in [-0.05, 0) is 23.3 Å². The number of carbonyl (C=O) groups excluding carboxylic acids is 1. The number of piperazine rings is 1. The molecule has 1 aliphatic heterocycles. The Labute approximate surface area is 148 Å². The van der Waals surface area contributed by atoms with E-state index < -0.39 is 0 Å². The smallest absolute Gasteiger partial charge is 0.227 e. The maximum Gasteiger partial charge on any atom is 0.227 e. The normalized spacial score (nSPS) is 17.4. The highest BCUT2D eigenvalue weighted by atomic mass is 35.5. The van der Waals surface area contributed by atoms with Crippen LogP contribution >= 0.6 is 24.0 Å². The lowest BCUT2D eigenvalue weighted by Crippen LogP contribution is -2.49. The van der Waals surface area contributed by atoms with Crippen LogP contribution in [0, 0.1) is 0 Å². The van der Waals surface area contributed by atoms with E-state index in [-0.39, 0.29) is 24.4 Å². The van der Waals surface area contributed by atoms with E-state index in [0.29, 0.717) is 11.4 Å². The molecular formula is C18H20Cl2N2O. The van der Waals surface area contributed by atoms with Crippen molar-refractivity contribution in [3.8, 4) is 0 Å². The highest BCUT2D eigenvalue weighted by Crippen LogP contribution is 2.25. The number of rotatable bonds is 3. The van der Waals surface area contributed by atoms with E-state index in [0.717, 1.165) is 30.8 Å². The molecule has 0 spiro atoms. The molecule has 1 N–H and O–H groups in total. The molecular weight excluding hydrogens is 331 g/mol. The van der Waals surface area contributed by atoms with Crippen molar-refractivity contribution in [1.29, 1.82) is 0 Å². The van der Waals surface area contributed by atoms with Crippen molar-refractivity contribution in [2.45, 2.75) is 12.5 Å². The molecule has 0 bridgehead atoms. The largest absolute Gasteiger partial charge is 0.333 e. The van der Waals surface area contributed by atoms with Gasteiger partial charge in [-0.3, -0.25) is 4.79 Å². The van der Waals surface area contributed by atoms with Crippen LogP contribution in [0.3, 0.4) is 0 Å². The minimum absolute atomic E-state index is 0. The molecule has 1 aliphatic rings. The lowest BCUT2D eigenvalue weighted by atomic mass is 10.0. The van der Waals surface area contributed by atoms with Gasteiger partial charge in [-0.1, -0.05) is 54.1 Å². The fourth-order valence-electron chi connectivity index (χ4n) is 2.89. The summed E-state index contributed by atoms with van der Waals surface area (Å²) in [4.78, 5) is 14.7. The van der Waals surface area contributed by atoms with Crippen LogP contribution in [0.2, 0.25) is 5.02 Å². The first-order valence-electron chi connectivity index (χ1n) is 7.53. The predicted molar refractivity (Wildman–Crippen MR) is 96.2 cm³/mol. The van der Waals surface area contributed by atoms with Gasteiger partial charge in [-0.25, -0.2) is 0 Å². The van der Waals surface area contributed by atoms with Crippen molar-refractivity contribution >= 4 is 29.9 Å². The highest BCUT2D eigenvalue weighted by molar-refractivity contribution is 6.30. The van der Waals surface area contributed by atoms with Gasteiger partial charge in [-0.2, -0.15) is 0 Å². The van der Waals surface area contributed by atoms with E-state index in [2.05, 4.69) is 5.32 Å². The second-order valence-corrected chi connectivity index (χ2v) is 5.96. The molecule has 1 unspecified atom stereocenters. The Bertz CT molecular complexity index is 648. The lowest BCUT2D eigenvalue weighted by Gasteiger charge is -2.36. The fraction of sp³-hybridized carbons (Fsp3) is 0.278. The summed E-state index contributed by atoms with van der Waals surface area (Å²) in [5.41, 5.74) is 2.14. The van der Waals surface area contributed by atoms with Gasteiger partial charge in [0.2, 0.25) is 5.91 Å². The molecule has 1 fully saturated rings. The standard InChI is InChI=1S/C18H19ClN2O.ClH/c19-16-8-4-7-15(12-16)17-13-20-9-10-21(17)18(22)11-14-5-2-1-3-6-14;/h1-8,12,17,20H,9-11,13H2;1H. The lowest BCUT2D eigenvalue weighted by molar-refractivity contribution is -0.133. The van der Waals surface area contributed by atoms with Gasteiger partial charge < -0.3 is 10.2 Å². The van der Waals surface area contributed by atoms with Gasteiger partial charge in [0, 0.05) is 24.7 Å². The molecule has 0 aliphatic carbocycles. The first-order chi connectivity index (χ1) is 10.7. The minimum atomic E-state index is 0. The topological polar surface area (TPSA) is 32.3 Å². The van der Waals surface area contributed by atoms with E-state index in [1.165, 1.54) is 0 Å². The quantitative estimate of drug-likeness (QED) is 0.918. The van der Waals surface area contributed by atoms with Gasteiger partial charge in [0.1, 0.15) is 0 Å². The third-order valence-corrected chi connectivity index (χ3v) is 4.23. The average molecular weight is 351 g/mol. The molecule has 1 heterocycles. The summed E-state index contributed by atoms with van der Waals surface area (Å²) >= 11 is 6.10. The van der Waals surface area contributed by atoms with Crippen molar-refractivity contribution in [2.24, 2.45) is 0 Å². The molecule has 5 heteroatoms. The molecule has 1 saturated heterocycles. The number of halogens is 2. The molecule has 23 heavy (non-hydrogen) atoms. The molecule has 1 amide bonds. The van der Waals surface area contributed by atoms with Crippen LogP contribution < -0.4 is 5.32 Å². The zero-order valence-corrected chi connectivity index (χ0v) is 14.3. The summed E-state index contributed by atoms with van der Waals surface area (Å²) in [5.74, 6) is 0.165. The van der Waals surface area contributed by atoms with Crippen LogP contribution in [0.4, 0.5) is 0 Å². The van der Waals surface area contributed by atoms with Crippen LogP contribution in [-0.2, 0) is 11.2 Å². The van der Waals surface area contributed by atoms with Gasteiger partial charge >= 0.3 is 0 Å². The Kier molecular flexibility index (Phi) is 6.46. The zero-order valence-electron chi connectivity index (χ0n) is 12.7. The van der Waals surface area contributed by atoms with E-state index in [9.17, 15) is 4.79 Å². The maximum absolute atomic E-state index is 12.7. The summed E-state index contributed by atoms with van der Waals surface area (Å²) in [6.45, 7) is 2.32. The number of nitrogens with zero attached hydrogens (tertiary/aromatic N) is 1. The third-order valence-electron chi connectivity index (χ3n) is 4.00. The van der Waals surface area contributed by atoms with E-state index in [1.807, 2.05) is 59.5 Å². The minimum Gasteiger partial charge on any atom is -0.333 e. The summed E-state index contributed by atoms with van der Waals surface area (Å²) in [7, 11) is 0. The van der Waals surface area contributed by atoms with E-state index in [1.54, 1.807) is 0 Å². The molecule has 122 valence electrons. The Morgan fingerprint density at radius 2 is 1.96 bits per heavy atom. The maximum atomic E-state index is 12.7. The summed E-state index contributed by atoms with van der Waals surface area (Å²) in [5, 5.41) is 4.07. The Morgan fingerprint density at radius 1 is 1.17 bits per heavy atom. The Hall–Kier alpha value is -1.55. The summed E-state index contributed by atoms with van der Waals surface area (Å²) < 4.78 is 0. The molecule has 3 nitrogen and oxygen atoms in total. The van der Waals surface area contributed by atoms with Crippen molar-refractivity contribution in [3.05, 3.63) is 70.7 Å². The van der Waals surface area contributed by atoms with Crippen LogP contribution in [0.1, 0.15) is 17.2 Å². The van der Waals surface area contributed by atoms with Crippen LogP contribution in [-0.4, -0.2) is 30.4 Å².